The lowest BCUT2D eigenvalue weighted by molar-refractivity contribution is -0.107. The second kappa shape index (κ2) is 7.26. The van der Waals surface area contributed by atoms with Gasteiger partial charge in [0.25, 0.3) is 0 Å². The summed E-state index contributed by atoms with van der Waals surface area (Å²) in [5.74, 6) is 0.411. The van der Waals surface area contributed by atoms with Crippen LogP contribution in [0, 0.1) is 0 Å². The fourth-order valence-corrected chi connectivity index (χ4v) is 1.04. The summed E-state index contributed by atoms with van der Waals surface area (Å²) >= 11 is 3.21. The highest BCUT2D eigenvalue weighted by molar-refractivity contribution is 9.10. The molecule has 1 aromatic rings. The second-order valence-electron chi connectivity index (χ2n) is 5.02. The lowest BCUT2D eigenvalue weighted by atomic mass is 9.90. The standard InChI is InChI=1S/C6H6BBrO3.C6H14O2/c8-5-2-1-3-6(4-5)11-7(9)10;1-5(2,7)6(3,4)8/h1-4,9-10H;7-8H,1-4H3. The van der Waals surface area contributed by atoms with Crippen molar-refractivity contribution in [2.75, 3.05) is 0 Å². The molecule has 7 heteroatoms. The highest BCUT2D eigenvalue weighted by Gasteiger charge is 2.31. The molecule has 5 nitrogen and oxygen atoms in total. The fourth-order valence-electron chi connectivity index (χ4n) is 0.662. The molecule has 0 aliphatic rings. The van der Waals surface area contributed by atoms with Crippen LogP contribution < -0.4 is 4.65 Å². The molecule has 1 rings (SSSR count). The zero-order chi connectivity index (χ0) is 15.3. The zero-order valence-corrected chi connectivity index (χ0v) is 13.0. The number of aliphatic hydroxyl groups is 2. The average Bonchev–Trinajstić information content (AvgIpc) is 2.13. The first-order chi connectivity index (χ1) is 8.43. The predicted molar refractivity (Wildman–Crippen MR) is 77.6 cm³/mol. The molecule has 0 unspecified atom stereocenters. The molecule has 0 spiro atoms. The van der Waals surface area contributed by atoms with Crippen molar-refractivity contribution >= 4 is 23.3 Å². The van der Waals surface area contributed by atoms with Gasteiger partial charge in [-0.15, -0.1) is 0 Å². The van der Waals surface area contributed by atoms with Gasteiger partial charge in [-0.2, -0.15) is 0 Å². The minimum atomic E-state index is -1.76. The highest BCUT2D eigenvalue weighted by Crippen LogP contribution is 2.19. The van der Waals surface area contributed by atoms with Gasteiger partial charge in [-0.25, -0.2) is 0 Å². The summed E-state index contributed by atoms with van der Waals surface area (Å²) in [4.78, 5) is 0. The van der Waals surface area contributed by atoms with Gasteiger partial charge in [-0.05, 0) is 45.9 Å². The first-order valence-corrected chi connectivity index (χ1v) is 6.46. The molecule has 108 valence electrons. The Morgan fingerprint density at radius 2 is 1.53 bits per heavy atom. The van der Waals surface area contributed by atoms with Crippen molar-refractivity contribution in [2.45, 2.75) is 38.9 Å². The summed E-state index contributed by atoms with van der Waals surface area (Å²) in [5, 5.41) is 35.0. The highest BCUT2D eigenvalue weighted by atomic mass is 79.9. The van der Waals surface area contributed by atoms with Crippen molar-refractivity contribution in [1.82, 2.24) is 0 Å². The Kier molecular flexibility index (Phi) is 7.03. The van der Waals surface area contributed by atoms with Crippen molar-refractivity contribution in [3.63, 3.8) is 0 Å². The van der Waals surface area contributed by atoms with Gasteiger partial charge >= 0.3 is 7.32 Å². The molecule has 4 N–H and O–H groups in total. The minimum absolute atomic E-state index is 0.411. The molecule has 1 aromatic carbocycles. The summed E-state index contributed by atoms with van der Waals surface area (Å²) < 4.78 is 5.41. The minimum Gasteiger partial charge on any atom is -0.512 e. The Bertz CT molecular complexity index is 372. The van der Waals surface area contributed by atoms with Gasteiger partial charge in [0.2, 0.25) is 0 Å². The Hall–Kier alpha value is -0.595. The van der Waals surface area contributed by atoms with Gasteiger partial charge in [0.05, 0.1) is 11.2 Å². The molecule has 0 atom stereocenters. The second-order valence-corrected chi connectivity index (χ2v) is 5.94. The van der Waals surface area contributed by atoms with E-state index in [4.69, 9.17) is 20.3 Å². The van der Waals surface area contributed by atoms with E-state index in [1.165, 1.54) is 0 Å². The molecule has 19 heavy (non-hydrogen) atoms. The van der Waals surface area contributed by atoms with Crippen LogP contribution in [-0.4, -0.2) is 38.8 Å². The maximum absolute atomic E-state index is 9.10. The van der Waals surface area contributed by atoms with E-state index < -0.39 is 18.5 Å². The molecule has 0 fully saturated rings. The van der Waals surface area contributed by atoms with Gasteiger partial charge in [0.15, 0.2) is 0 Å². The molecule has 0 saturated carbocycles. The van der Waals surface area contributed by atoms with Crippen molar-refractivity contribution in [2.24, 2.45) is 0 Å². The quantitative estimate of drug-likeness (QED) is 0.626. The number of rotatable bonds is 3. The van der Waals surface area contributed by atoms with Crippen LogP contribution in [0.25, 0.3) is 0 Å². The van der Waals surface area contributed by atoms with Crippen molar-refractivity contribution in [3.05, 3.63) is 28.7 Å². The van der Waals surface area contributed by atoms with Crippen LogP contribution in [0.5, 0.6) is 5.75 Å². The Labute approximate surface area is 122 Å². The third-order valence-corrected chi connectivity index (χ3v) is 3.03. The van der Waals surface area contributed by atoms with Gasteiger partial charge in [0, 0.05) is 4.47 Å². The monoisotopic (exact) mass is 334 g/mol. The van der Waals surface area contributed by atoms with Gasteiger partial charge in [-0.3, -0.25) is 0 Å². The Morgan fingerprint density at radius 1 is 1.05 bits per heavy atom. The average molecular weight is 335 g/mol. The van der Waals surface area contributed by atoms with E-state index in [2.05, 4.69) is 20.6 Å². The number of hydrogen-bond acceptors (Lipinski definition) is 5. The predicted octanol–water partition coefficient (Wildman–Crippen LogP) is 1.33. The molecule has 0 heterocycles. The van der Waals surface area contributed by atoms with Crippen LogP contribution in [0.1, 0.15) is 27.7 Å². The fraction of sp³-hybridized carbons (Fsp3) is 0.500. The maximum atomic E-state index is 9.10. The summed E-state index contributed by atoms with van der Waals surface area (Å²) in [5.41, 5.74) is -2.01. The van der Waals surface area contributed by atoms with Gasteiger partial charge < -0.3 is 24.9 Å². The van der Waals surface area contributed by atoms with Gasteiger partial charge in [-0.1, -0.05) is 22.0 Å². The molecular weight excluding hydrogens is 315 g/mol. The normalized spacial score (nSPS) is 11.4. The van der Waals surface area contributed by atoms with Crippen LogP contribution in [0.3, 0.4) is 0 Å². The van der Waals surface area contributed by atoms with E-state index in [-0.39, 0.29) is 0 Å². The molecule has 0 radical (unpaired) electrons. The molecule has 0 aliphatic heterocycles. The summed E-state index contributed by atoms with van der Waals surface area (Å²) in [6.45, 7) is 6.31. The van der Waals surface area contributed by atoms with Gasteiger partial charge in [0.1, 0.15) is 5.75 Å². The molecule has 0 saturated heterocycles. The van der Waals surface area contributed by atoms with E-state index in [1.54, 1.807) is 45.9 Å². The first-order valence-electron chi connectivity index (χ1n) is 5.66. The van der Waals surface area contributed by atoms with E-state index in [0.717, 1.165) is 4.47 Å². The van der Waals surface area contributed by atoms with Crippen molar-refractivity contribution in [1.29, 1.82) is 0 Å². The first kappa shape index (κ1) is 18.4. The van der Waals surface area contributed by atoms with Crippen LogP contribution in [-0.2, 0) is 0 Å². The third kappa shape index (κ3) is 8.23. The van der Waals surface area contributed by atoms with E-state index >= 15 is 0 Å². The lowest BCUT2D eigenvalue weighted by Crippen LogP contribution is -2.44. The number of hydrogen-bond donors (Lipinski definition) is 4. The van der Waals surface area contributed by atoms with Crippen molar-refractivity contribution < 1.29 is 24.9 Å². The van der Waals surface area contributed by atoms with E-state index in [0.29, 0.717) is 5.75 Å². The molecule has 0 amide bonds. The van der Waals surface area contributed by atoms with Crippen LogP contribution in [0.4, 0.5) is 0 Å². The topological polar surface area (TPSA) is 90.2 Å². The zero-order valence-electron chi connectivity index (χ0n) is 11.5. The van der Waals surface area contributed by atoms with E-state index in [1.807, 2.05) is 6.07 Å². The molecule has 0 aliphatic carbocycles. The smallest absolute Gasteiger partial charge is 0.512 e. The van der Waals surface area contributed by atoms with Crippen LogP contribution in [0.15, 0.2) is 28.7 Å². The number of benzene rings is 1. The SMILES string of the molecule is CC(C)(O)C(C)(C)O.OB(O)Oc1cccc(Br)c1. The maximum Gasteiger partial charge on any atom is 0.707 e. The third-order valence-electron chi connectivity index (χ3n) is 2.53. The Morgan fingerprint density at radius 3 is 1.84 bits per heavy atom. The molecule has 0 aromatic heterocycles. The van der Waals surface area contributed by atoms with Crippen molar-refractivity contribution in [3.8, 4) is 5.75 Å². The van der Waals surface area contributed by atoms with Crippen LogP contribution in [0.2, 0.25) is 0 Å². The van der Waals surface area contributed by atoms with Crippen LogP contribution >= 0.6 is 15.9 Å². The molecule has 0 bridgehead atoms. The summed E-state index contributed by atoms with van der Waals surface area (Å²) in [6.07, 6.45) is 0. The van der Waals surface area contributed by atoms with E-state index in [9.17, 15) is 0 Å². The largest absolute Gasteiger partial charge is 0.707 e. The lowest BCUT2D eigenvalue weighted by Gasteiger charge is -2.31. The summed E-state index contributed by atoms with van der Waals surface area (Å²) in [6, 6.07) is 6.82. The number of halogens is 1. The molecular formula is C12H20BBrO5. The Balaban J connectivity index is 0.000000362. The summed E-state index contributed by atoms with van der Waals surface area (Å²) in [7, 11) is -1.76.